The number of thiol groups is 1. The van der Waals surface area contributed by atoms with E-state index in [1.165, 1.54) is 16.7 Å². The highest BCUT2D eigenvalue weighted by atomic mass is 32.1. The Balaban J connectivity index is 0.000000239. The summed E-state index contributed by atoms with van der Waals surface area (Å²) in [5, 5.41) is 0. The Morgan fingerprint density at radius 3 is 2.30 bits per heavy atom. The van der Waals surface area contributed by atoms with E-state index < -0.39 is 0 Å². The summed E-state index contributed by atoms with van der Waals surface area (Å²) in [7, 11) is 1.63. The Bertz CT molecular complexity index is 883. The van der Waals surface area contributed by atoms with E-state index in [2.05, 4.69) is 79.0 Å². The van der Waals surface area contributed by atoms with Gasteiger partial charge in [-0.3, -0.25) is 4.90 Å². The van der Waals surface area contributed by atoms with Crippen LogP contribution in [0.2, 0.25) is 0 Å². The molecule has 0 amide bonds. The van der Waals surface area contributed by atoms with Gasteiger partial charge >= 0.3 is 0 Å². The summed E-state index contributed by atoms with van der Waals surface area (Å²) in [4.78, 5) is 3.37. The van der Waals surface area contributed by atoms with E-state index in [1.54, 1.807) is 7.11 Å². The standard InChI is InChI=1S/C19H23NO.C7H8OS/c1-16-7-9-17(10-8-16)13-19-15-20(11-12-21-19)14-18-5-3-2-4-6-18;1-8-6-4-2-3-5-7(6)9/h2-10,19H,11-15H2,1H3;2-5,9H,1H3. The highest BCUT2D eigenvalue weighted by molar-refractivity contribution is 7.80. The van der Waals surface area contributed by atoms with Gasteiger partial charge in [0, 0.05) is 24.5 Å². The molecule has 4 heteroatoms. The first-order valence-electron chi connectivity index (χ1n) is 10.4. The predicted molar refractivity (Wildman–Crippen MR) is 127 cm³/mol. The zero-order valence-electron chi connectivity index (χ0n) is 17.8. The maximum Gasteiger partial charge on any atom is 0.132 e. The van der Waals surface area contributed by atoms with Gasteiger partial charge in [-0.15, -0.1) is 12.6 Å². The van der Waals surface area contributed by atoms with Gasteiger partial charge < -0.3 is 9.47 Å². The van der Waals surface area contributed by atoms with E-state index in [9.17, 15) is 0 Å². The summed E-state index contributed by atoms with van der Waals surface area (Å²) >= 11 is 4.15. The minimum absolute atomic E-state index is 0.310. The summed E-state index contributed by atoms with van der Waals surface area (Å²) in [6.45, 7) is 6.03. The average Bonchev–Trinajstić information content (AvgIpc) is 2.77. The van der Waals surface area contributed by atoms with E-state index >= 15 is 0 Å². The third kappa shape index (κ3) is 7.21. The van der Waals surface area contributed by atoms with Gasteiger partial charge in [-0.25, -0.2) is 0 Å². The molecule has 1 atom stereocenters. The van der Waals surface area contributed by atoms with Crippen molar-refractivity contribution in [2.45, 2.75) is 30.9 Å². The molecule has 1 aliphatic rings. The third-order valence-corrected chi connectivity index (χ3v) is 5.51. The second-order valence-electron chi connectivity index (χ2n) is 7.58. The fraction of sp³-hybridized carbons (Fsp3) is 0.308. The highest BCUT2D eigenvalue weighted by Crippen LogP contribution is 2.20. The molecule has 158 valence electrons. The van der Waals surface area contributed by atoms with Crippen LogP contribution in [0.3, 0.4) is 0 Å². The Kier molecular flexibility index (Phi) is 8.81. The lowest BCUT2D eigenvalue weighted by atomic mass is 10.0. The fourth-order valence-electron chi connectivity index (χ4n) is 3.51. The summed E-state index contributed by atoms with van der Waals surface area (Å²) in [6, 6.07) is 27.1. The number of benzene rings is 3. The summed E-state index contributed by atoms with van der Waals surface area (Å²) in [5.41, 5.74) is 4.06. The average molecular weight is 422 g/mol. The highest BCUT2D eigenvalue weighted by Gasteiger charge is 2.20. The van der Waals surface area contributed by atoms with Crippen molar-refractivity contribution >= 4 is 12.6 Å². The van der Waals surface area contributed by atoms with Crippen molar-refractivity contribution in [3.63, 3.8) is 0 Å². The Morgan fingerprint density at radius 1 is 0.933 bits per heavy atom. The van der Waals surface area contributed by atoms with Crippen molar-refractivity contribution in [2.24, 2.45) is 0 Å². The molecular formula is C26H31NO2S. The Hall–Kier alpha value is -2.27. The number of hydrogen-bond acceptors (Lipinski definition) is 4. The van der Waals surface area contributed by atoms with Gasteiger partial charge in [0.1, 0.15) is 5.75 Å². The van der Waals surface area contributed by atoms with Crippen LogP contribution in [-0.4, -0.2) is 37.8 Å². The molecule has 0 aliphatic carbocycles. The van der Waals surface area contributed by atoms with Crippen LogP contribution in [0.15, 0.2) is 83.8 Å². The number of para-hydroxylation sites is 1. The number of hydrogen-bond donors (Lipinski definition) is 1. The minimum Gasteiger partial charge on any atom is -0.496 e. The third-order valence-electron chi connectivity index (χ3n) is 5.14. The first kappa shape index (κ1) is 22.4. The van der Waals surface area contributed by atoms with Crippen LogP contribution in [0.4, 0.5) is 0 Å². The summed E-state index contributed by atoms with van der Waals surface area (Å²) in [6.07, 6.45) is 1.32. The van der Waals surface area contributed by atoms with Crippen LogP contribution < -0.4 is 4.74 Å². The number of rotatable bonds is 5. The van der Waals surface area contributed by atoms with Gasteiger partial charge in [-0.2, -0.15) is 0 Å². The van der Waals surface area contributed by atoms with Gasteiger partial charge in [0.05, 0.1) is 19.8 Å². The van der Waals surface area contributed by atoms with Crippen LogP contribution in [0, 0.1) is 6.92 Å². The molecule has 0 spiro atoms. The Labute approximate surface area is 186 Å². The number of aryl methyl sites for hydroxylation is 1. The smallest absolute Gasteiger partial charge is 0.132 e. The van der Waals surface area contributed by atoms with Crippen molar-refractivity contribution in [1.29, 1.82) is 0 Å². The lowest BCUT2D eigenvalue weighted by Crippen LogP contribution is -2.42. The molecule has 3 nitrogen and oxygen atoms in total. The quantitative estimate of drug-likeness (QED) is 0.556. The van der Waals surface area contributed by atoms with Crippen molar-refractivity contribution in [3.8, 4) is 5.75 Å². The van der Waals surface area contributed by atoms with Crippen LogP contribution in [-0.2, 0) is 17.7 Å². The van der Waals surface area contributed by atoms with Crippen molar-refractivity contribution in [3.05, 3.63) is 95.6 Å². The molecule has 0 bridgehead atoms. The molecule has 3 aromatic carbocycles. The molecule has 30 heavy (non-hydrogen) atoms. The van der Waals surface area contributed by atoms with Crippen LogP contribution >= 0.6 is 12.6 Å². The van der Waals surface area contributed by atoms with E-state index in [4.69, 9.17) is 9.47 Å². The van der Waals surface area contributed by atoms with E-state index in [-0.39, 0.29) is 0 Å². The summed E-state index contributed by atoms with van der Waals surface area (Å²) in [5.74, 6) is 0.820. The summed E-state index contributed by atoms with van der Waals surface area (Å²) < 4.78 is 10.9. The van der Waals surface area contributed by atoms with Gasteiger partial charge in [0.25, 0.3) is 0 Å². The molecule has 1 saturated heterocycles. The molecule has 0 saturated carbocycles. The van der Waals surface area contributed by atoms with Crippen LogP contribution in [0.5, 0.6) is 5.75 Å². The molecule has 1 aliphatic heterocycles. The zero-order chi connectivity index (χ0) is 21.2. The molecule has 1 unspecified atom stereocenters. The van der Waals surface area contributed by atoms with Gasteiger partial charge in [-0.05, 0) is 36.6 Å². The molecule has 1 heterocycles. The molecule has 0 N–H and O–H groups in total. The van der Waals surface area contributed by atoms with E-state index in [1.807, 2.05) is 24.3 Å². The van der Waals surface area contributed by atoms with Crippen molar-refractivity contribution in [1.82, 2.24) is 4.90 Å². The largest absolute Gasteiger partial charge is 0.496 e. The van der Waals surface area contributed by atoms with Crippen LogP contribution in [0.1, 0.15) is 16.7 Å². The molecule has 0 radical (unpaired) electrons. The topological polar surface area (TPSA) is 21.7 Å². The second kappa shape index (κ2) is 11.8. The van der Waals surface area contributed by atoms with Crippen molar-refractivity contribution < 1.29 is 9.47 Å². The maximum absolute atomic E-state index is 5.94. The number of nitrogens with zero attached hydrogens (tertiary/aromatic N) is 1. The molecule has 3 aromatic rings. The first-order chi connectivity index (χ1) is 14.6. The lowest BCUT2D eigenvalue weighted by molar-refractivity contribution is -0.0304. The zero-order valence-corrected chi connectivity index (χ0v) is 18.7. The minimum atomic E-state index is 0.310. The number of methoxy groups -OCH3 is 1. The fourth-order valence-corrected chi connectivity index (χ4v) is 3.76. The van der Waals surface area contributed by atoms with Crippen molar-refractivity contribution in [2.75, 3.05) is 26.8 Å². The van der Waals surface area contributed by atoms with Gasteiger partial charge in [-0.1, -0.05) is 72.3 Å². The first-order valence-corrected chi connectivity index (χ1v) is 10.8. The predicted octanol–water partition coefficient (Wildman–Crippen LogP) is 5.42. The van der Waals surface area contributed by atoms with Crippen LogP contribution in [0.25, 0.3) is 0 Å². The number of morpholine rings is 1. The maximum atomic E-state index is 5.94. The van der Waals surface area contributed by atoms with Gasteiger partial charge in [0.15, 0.2) is 0 Å². The monoisotopic (exact) mass is 421 g/mol. The normalized spacial score (nSPS) is 16.4. The SMILES string of the molecule is COc1ccccc1S.Cc1ccc(CC2CN(Cc3ccccc3)CCO2)cc1. The molecular weight excluding hydrogens is 390 g/mol. The van der Waals surface area contributed by atoms with Gasteiger partial charge in [0.2, 0.25) is 0 Å². The molecule has 1 fully saturated rings. The van der Waals surface area contributed by atoms with E-state index in [0.29, 0.717) is 6.10 Å². The molecule has 4 rings (SSSR count). The Morgan fingerprint density at radius 2 is 1.63 bits per heavy atom. The lowest BCUT2D eigenvalue weighted by Gasteiger charge is -2.33. The molecule has 0 aromatic heterocycles. The second-order valence-corrected chi connectivity index (χ2v) is 8.06. The number of ether oxygens (including phenoxy) is 2. The van der Waals surface area contributed by atoms with E-state index in [0.717, 1.165) is 43.3 Å².